The van der Waals surface area contributed by atoms with Crippen molar-refractivity contribution in [1.82, 2.24) is 10.2 Å². The Hall–Kier alpha value is -1.84. The number of benzene rings is 1. The molecule has 2 rings (SSSR count). The van der Waals surface area contributed by atoms with E-state index in [9.17, 15) is 9.59 Å². The first-order valence-corrected chi connectivity index (χ1v) is 8.25. The van der Waals surface area contributed by atoms with Crippen LogP contribution in [0.1, 0.15) is 56.9 Å². The highest BCUT2D eigenvalue weighted by Gasteiger charge is 2.39. The van der Waals surface area contributed by atoms with Gasteiger partial charge in [-0.15, -0.1) is 0 Å². The number of hydrogen-bond donors (Lipinski definition) is 1. The summed E-state index contributed by atoms with van der Waals surface area (Å²) in [5, 5.41) is 2.79. The first-order chi connectivity index (χ1) is 10.5. The third-order valence-corrected chi connectivity index (χ3v) is 4.60. The number of urea groups is 1. The van der Waals surface area contributed by atoms with E-state index in [1.807, 2.05) is 13.8 Å². The van der Waals surface area contributed by atoms with Gasteiger partial charge in [0.25, 0.3) is 5.91 Å². The van der Waals surface area contributed by atoms with Crippen molar-refractivity contribution in [1.29, 1.82) is 0 Å². The Labute approximate surface area is 139 Å². The smallest absolute Gasteiger partial charge is 0.325 e. The minimum Gasteiger partial charge on any atom is -0.326 e. The molecule has 1 fully saturated rings. The minimum atomic E-state index is -0.406. The Bertz CT molecular complexity index is 618. The Morgan fingerprint density at radius 3 is 2.04 bits per heavy atom. The van der Waals surface area contributed by atoms with Crippen LogP contribution in [0.2, 0.25) is 0 Å². The number of imide groups is 1. The van der Waals surface area contributed by atoms with Gasteiger partial charge in [-0.2, -0.15) is 0 Å². The van der Waals surface area contributed by atoms with E-state index in [4.69, 9.17) is 0 Å². The van der Waals surface area contributed by atoms with Crippen molar-refractivity contribution in [2.75, 3.05) is 0 Å². The van der Waals surface area contributed by atoms with Gasteiger partial charge in [-0.25, -0.2) is 4.79 Å². The Morgan fingerprint density at radius 2 is 1.65 bits per heavy atom. The normalized spacial score (nSPS) is 18.8. The molecule has 0 radical (unpaired) electrons. The maximum Gasteiger partial charge on any atom is 0.325 e. The second-order valence-electron chi connectivity index (χ2n) is 7.93. The first-order valence-electron chi connectivity index (χ1n) is 8.25. The SMILES string of the molecule is Cc1cc(C(C)(C)C)cc(C)c1CN1C(=O)NC(C(C)C)C1=O. The fourth-order valence-corrected chi connectivity index (χ4v) is 2.98. The molecule has 3 amide bonds. The third kappa shape index (κ3) is 3.41. The van der Waals surface area contributed by atoms with Crippen LogP contribution in [0.4, 0.5) is 4.79 Å². The lowest BCUT2D eigenvalue weighted by Gasteiger charge is -2.23. The van der Waals surface area contributed by atoms with E-state index < -0.39 is 6.04 Å². The fraction of sp³-hybridized carbons (Fsp3) is 0.579. The Morgan fingerprint density at radius 1 is 1.13 bits per heavy atom. The van der Waals surface area contributed by atoms with Gasteiger partial charge in [0.1, 0.15) is 6.04 Å². The summed E-state index contributed by atoms with van der Waals surface area (Å²) < 4.78 is 0. The van der Waals surface area contributed by atoms with Crippen molar-refractivity contribution >= 4 is 11.9 Å². The zero-order chi connectivity index (χ0) is 17.5. The van der Waals surface area contributed by atoms with Crippen molar-refractivity contribution in [2.24, 2.45) is 5.92 Å². The fourth-order valence-electron chi connectivity index (χ4n) is 2.98. The molecule has 23 heavy (non-hydrogen) atoms. The first kappa shape index (κ1) is 17.5. The molecule has 1 aromatic rings. The molecular formula is C19H28N2O2. The highest BCUT2D eigenvalue weighted by Crippen LogP contribution is 2.28. The molecule has 1 saturated heterocycles. The predicted octanol–water partition coefficient (Wildman–Crippen LogP) is 3.68. The predicted molar refractivity (Wildman–Crippen MR) is 92.3 cm³/mol. The molecule has 126 valence electrons. The number of carbonyl (C=O) groups is 2. The topological polar surface area (TPSA) is 49.4 Å². The van der Waals surface area contributed by atoms with E-state index >= 15 is 0 Å². The number of carbonyl (C=O) groups excluding carboxylic acids is 2. The molecule has 0 bridgehead atoms. The maximum absolute atomic E-state index is 12.5. The molecule has 0 saturated carbocycles. The van der Waals surface area contributed by atoms with Gasteiger partial charge in [0, 0.05) is 0 Å². The summed E-state index contributed by atoms with van der Waals surface area (Å²) in [4.78, 5) is 25.9. The standard InChI is InChI=1S/C19H28N2O2/c1-11(2)16-17(22)21(18(23)20-16)10-15-12(3)8-14(9-13(15)4)19(5,6)7/h8-9,11,16H,10H2,1-7H3,(H,20,23). The number of nitrogens with one attached hydrogen (secondary N) is 1. The van der Waals surface area contributed by atoms with Gasteiger partial charge in [0.05, 0.1) is 6.54 Å². The zero-order valence-electron chi connectivity index (χ0n) is 15.3. The lowest BCUT2D eigenvalue weighted by atomic mass is 9.83. The number of rotatable bonds is 3. The summed E-state index contributed by atoms with van der Waals surface area (Å²) >= 11 is 0. The summed E-state index contributed by atoms with van der Waals surface area (Å²) in [6.45, 7) is 14.9. The molecule has 4 heteroatoms. The van der Waals surface area contributed by atoms with E-state index in [0.29, 0.717) is 6.54 Å². The molecular weight excluding hydrogens is 288 g/mol. The van der Waals surface area contributed by atoms with E-state index in [1.165, 1.54) is 10.5 Å². The van der Waals surface area contributed by atoms with Crippen LogP contribution >= 0.6 is 0 Å². The molecule has 1 heterocycles. The minimum absolute atomic E-state index is 0.0810. The summed E-state index contributed by atoms with van der Waals surface area (Å²) in [6.07, 6.45) is 0. The van der Waals surface area contributed by atoms with Crippen LogP contribution in [0.5, 0.6) is 0 Å². The van der Waals surface area contributed by atoms with Gasteiger partial charge >= 0.3 is 6.03 Å². The molecule has 0 spiro atoms. The van der Waals surface area contributed by atoms with Crippen molar-refractivity contribution in [3.63, 3.8) is 0 Å². The van der Waals surface area contributed by atoms with E-state index in [-0.39, 0.29) is 23.3 Å². The summed E-state index contributed by atoms with van der Waals surface area (Å²) in [7, 11) is 0. The number of hydrogen-bond acceptors (Lipinski definition) is 2. The zero-order valence-corrected chi connectivity index (χ0v) is 15.3. The average Bonchev–Trinajstić information content (AvgIpc) is 2.68. The summed E-state index contributed by atoms with van der Waals surface area (Å²) in [5.74, 6) is -0.0226. The number of aryl methyl sites for hydroxylation is 2. The molecule has 1 aromatic carbocycles. The van der Waals surface area contributed by atoms with Crippen LogP contribution < -0.4 is 5.32 Å². The highest BCUT2D eigenvalue weighted by molar-refractivity contribution is 6.04. The van der Waals surface area contributed by atoms with Gasteiger partial charge in [-0.3, -0.25) is 9.69 Å². The highest BCUT2D eigenvalue weighted by atomic mass is 16.2. The van der Waals surface area contributed by atoms with Gasteiger partial charge < -0.3 is 5.32 Å². The molecule has 4 nitrogen and oxygen atoms in total. The molecule has 1 atom stereocenters. The quantitative estimate of drug-likeness (QED) is 0.865. The van der Waals surface area contributed by atoms with E-state index in [1.54, 1.807) is 0 Å². The summed E-state index contributed by atoms with van der Waals surface area (Å²) in [6, 6.07) is 3.64. The van der Waals surface area contributed by atoms with Crippen LogP contribution in [0.15, 0.2) is 12.1 Å². The maximum atomic E-state index is 12.5. The van der Waals surface area contributed by atoms with Crippen LogP contribution in [-0.4, -0.2) is 22.9 Å². The second-order valence-corrected chi connectivity index (χ2v) is 7.93. The number of nitrogens with zero attached hydrogens (tertiary/aromatic N) is 1. The van der Waals surface area contributed by atoms with Crippen LogP contribution in [0.3, 0.4) is 0 Å². The van der Waals surface area contributed by atoms with Crippen molar-refractivity contribution in [2.45, 2.75) is 66.5 Å². The molecule has 0 aromatic heterocycles. The Balaban J connectivity index is 2.31. The van der Waals surface area contributed by atoms with Crippen LogP contribution in [0, 0.1) is 19.8 Å². The number of amides is 3. The summed E-state index contributed by atoms with van der Waals surface area (Å²) in [5.41, 5.74) is 4.67. The molecule has 1 unspecified atom stereocenters. The van der Waals surface area contributed by atoms with E-state index in [0.717, 1.165) is 16.7 Å². The molecule has 1 aliphatic heterocycles. The van der Waals surface area contributed by atoms with Crippen LogP contribution in [0.25, 0.3) is 0 Å². The molecule has 1 aliphatic rings. The van der Waals surface area contributed by atoms with Gasteiger partial charge in [-0.05, 0) is 47.4 Å². The third-order valence-electron chi connectivity index (χ3n) is 4.60. The van der Waals surface area contributed by atoms with Gasteiger partial charge in [-0.1, -0.05) is 46.8 Å². The largest absolute Gasteiger partial charge is 0.326 e. The molecule has 0 aliphatic carbocycles. The van der Waals surface area contributed by atoms with E-state index in [2.05, 4.69) is 52.1 Å². The van der Waals surface area contributed by atoms with Gasteiger partial charge in [0.2, 0.25) is 0 Å². The monoisotopic (exact) mass is 316 g/mol. The lowest BCUT2D eigenvalue weighted by Crippen LogP contribution is -2.34. The van der Waals surface area contributed by atoms with Crippen molar-refractivity contribution < 1.29 is 9.59 Å². The average molecular weight is 316 g/mol. The van der Waals surface area contributed by atoms with Crippen molar-refractivity contribution in [3.8, 4) is 0 Å². The van der Waals surface area contributed by atoms with Crippen LogP contribution in [-0.2, 0) is 16.8 Å². The lowest BCUT2D eigenvalue weighted by molar-refractivity contribution is -0.128. The second kappa shape index (κ2) is 5.99. The van der Waals surface area contributed by atoms with Crippen molar-refractivity contribution in [3.05, 3.63) is 34.4 Å². The Kier molecular flexibility index (Phi) is 4.56. The molecule has 1 N–H and O–H groups in total. The van der Waals surface area contributed by atoms with Gasteiger partial charge in [0.15, 0.2) is 0 Å².